The highest BCUT2D eigenvalue weighted by Gasteiger charge is 1.92. The molecule has 0 saturated heterocycles. The third-order valence-corrected chi connectivity index (χ3v) is 1.36. The Morgan fingerprint density at radius 1 is 1.69 bits per heavy atom. The molecule has 5 nitrogen and oxygen atoms in total. The highest BCUT2D eigenvalue weighted by molar-refractivity contribution is 5.76. The van der Waals surface area contributed by atoms with E-state index in [0.717, 1.165) is 0 Å². The van der Waals surface area contributed by atoms with Crippen LogP contribution in [0.4, 0.5) is 0 Å². The lowest BCUT2D eigenvalue weighted by molar-refractivity contribution is -0.117. The number of nitrogens with two attached hydrogens (primary N) is 1. The molecule has 1 heterocycles. The van der Waals surface area contributed by atoms with Crippen LogP contribution in [0.1, 0.15) is 12.0 Å². The molecule has 3 N–H and O–H groups in total. The molecule has 0 unspecified atom stereocenters. The van der Waals surface area contributed by atoms with Gasteiger partial charge >= 0.3 is 0 Å². The first kappa shape index (κ1) is 9.18. The zero-order valence-electron chi connectivity index (χ0n) is 6.86. The van der Waals surface area contributed by atoms with E-state index >= 15 is 0 Å². The summed E-state index contributed by atoms with van der Waals surface area (Å²) in [7, 11) is 0. The summed E-state index contributed by atoms with van der Waals surface area (Å²) >= 11 is 0. The molecule has 13 heavy (non-hydrogen) atoms. The summed E-state index contributed by atoms with van der Waals surface area (Å²) in [6.45, 7) is 0. The first-order chi connectivity index (χ1) is 6.20. The molecule has 1 rings (SSSR count). The van der Waals surface area contributed by atoms with Gasteiger partial charge in [0.1, 0.15) is 0 Å². The summed E-state index contributed by atoms with van der Waals surface area (Å²) < 4.78 is 0. The van der Waals surface area contributed by atoms with Crippen LogP contribution >= 0.6 is 0 Å². The maximum Gasteiger partial charge on any atom is 0.257 e. The fraction of sp³-hybridized carbons (Fsp3) is 0.125. The minimum atomic E-state index is -0.434. The van der Waals surface area contributed by atoms with Crippen LogP contribution in [0.5, 0.6) is 0 Å². The van der Waals surface area contributed by atoms with Gasteiger partial charge in [-0.05, 0) is 0 Å². The Hall–Kier alpha value is -1.91. The number of hydrogen-bond donors (Lipinski definition) is 2. The van der Waals surface area contributed by atoms with E-state index in [2.05, 4.69) is 9.97 Å². The van der Waals surface area contributed by atoms with Crippen molar-refractivity contribution in [2.75, 3.05) is 0 Å². The number of carbonyl (C=O) groups excluding carboxylic acids is 1. The smallest absolute Gasteiger partial charge is 0.257 e. The van der Waals surface area contributed by atoms with Crippen LogP contribution in [0.2, 0.25) is 0 Å². The van der Waals surface area contributed by atoms with Gasteiger partial charge in [-0.2, -0.15) is 0 Å². The fourth-order valence-corrected chi connectivity index (χ4v) is 0.776. The number of carbonyl (C=O) groups is 1. The molecule has 0 radical (unpaired) electrons. The molecule has 0 fully saturated rings. The average Bonchev–Trinajstić information content (AvgIpc) is 2.08. The van der Waals surface area contributed by atoms with E-state index in [9.17, 15) is 9.59 Å². The van der Waals surface area contributed by atoms with Crippen LogP contribution in [-0.4, -0.2) is 15.9 Å². The Morgan fingerprint density at radius 3 is 3.08 bits per heavy atom. The van der Waals surface area contributed by atoms with Gasteiger partial charge in [-0.25, -0.2) is 4.98 Å². The average molecular weight is 179 g/mol. The lowest BCUT2D eigenvalue weighted by Crippen LogP contribution is -2.10. The fourth-order valence-electron chi connectivity index (χ4n) is 0.776. The minimum absolute atomic E-state index is 0.119. The van der Waals surface area contributed by atoms with Crippen LogP contribution in [0.15, 0.2) is 23.4 Å². The van der Waals surface area contributed by atoms with Crippen molar-refractivity contribution in [3.8, 4) is 0 Å². The van der Waals surface area contributed by atoms with Crippen LogP contribution in [0.3, 0.4) is 0 Å². The second-order valence-corrected chi connectivity index (χ2v) is 2.41. The summed E-state index contributed by atoms with van der Waals surface area (Å²) in [5, 5.41) is 0. The lowest BCUT2D eigenvalue weighted by atomic mass is 10.2. The summed E-state index contributed by atoms with van der Waals surface area (Å²) in [6, 6.07) is 0. The first-order valence-electron chi connectivity index (χ1n) is 3.67. The van der Waals surface area contributed by atoms with Crippen molar-refractivity contribution >= 4 is 12.0 Å². The van der Waals surface area contributed by atoms with Gasteiger partial charge < -0.3 is 10.7 Å². The molecule has 0 saturated carbocycles. The number of primary amides is 1. The highest BCUT2D eigenvalue weighted by atomic mass is 16.1. The van der Waals surface area contributed by atoms with Crippen LogP contribution in [0, 0.1) is 0 Å². The molecular weight excluding hydrogens is 170 g/mol. The van der Waals surface area contributed by atoms with Gasteiger partial charge in [-0.3, -0.25) is 9.59 Å². The van der Waals surface area contributed by atoms with Crippen molar-refractivity contribution in [3.63, 3.8) is 0 Å². The maximum atomic E-state index is 11.0. The van der Waals surface area contributed by atoms with E-state index in [0.29, 0.717) is 5.56 Å². The van der Waals surface area contributed by atoms with E-state index in [4.69, 9.17) is 5.73 Å². The number of amides is 1. The van der Waals surface area contributed by atoms with Gasteiger partial charge in [0.2, 0.25) is 5.91 Å². The molecule has 0 aromatic carbocycles. The predicted molar refractivity (Wildman–Crippen MR) is 47.7 cm³/mol. The molecule has 0 aliphatic carbocycles. The zero-order valence-corrected chi connectivity index (χ0v) is 6.86. The van der Waals surface area contributed by atoms with E-state index in [1.165, 1.54) is 24.7 Å². The van der Waals surface area contributed by atoms with E-state index in [1.54, 1.807) is 0 Å². The quantitative estimate of drug-likeness (QED) is 0.665. The second-order valence-electron chi connectivity index (χ2n) is 2.41. The van der Waals surface area contributed by atoms with Gasteiger partial charge in [-0.1, -0.05) is 12.2 Å². The van der Waals surface area contributed by atoms with Crippen molar-refractivity contribution in [2.45, 2.75) is 6.42 Å². The molecule has 68 valence electrons. The molecular formula is C8H9N3O2. The van der Waals surface area contributed by atoms with Crippen LogP contribution < -0.4 is 11.3 Å². The van der Waals surface area contributed by atoms with Crippen molar-refractivity contribution < 1.29 is 4.79 Å². The molecule has 0 aliphatic rings. The van der Waals surface area contributed by atoms with Gasteiger partial charge in [-0.15, -0.1) is 0 Å². The zero-order chi connectivity index (χ0) is 9.68. The molecule has 0 bridgehead atoms. The number of rotatable bonds is 3. The number of aromatic nitrogens is 2. The normalized spacial score (nSPS) is 10.5. The van der Waals surface area contributed by atoms with Gasteiger partial charge in [0, 0.05) is 12.6 Å². The Labute approximate surface area is 74.3 Å². The SMILES string of the molecule is NC(=O)CC=Cc1cnc[nH]c1=O. The van der Waals surface area contributed by atoms with Gasteiger partial charge in [0.25, 0.3) is 5.56 Å². The topological polar surface area (TPSA) is 88.8 Å². The summed E-state index contributed by atoms with van der Waals surface area (Å²) in [6.07, 6.45) is 5.86. The molecule has 1 aromatic rings. The Balaban J connectivity index is 2.75. The van der Waals surface area contributed by atoms with Gasteiger partial charge in [0.15, 0.2) is 0 Å². The maximum absolute atomic E-state index is 11.0. The van der Waals surface area contributed by atoms with E-state index in [-0.39, 0.29) is 12.0 Å². The summed E-state index contributed by atoms with van der Waals surface area (Å²) in [5.41, 5.74) is 5.07. The summed E-state index contributed by atoms with van der Waals surface area (Å²) in [5.74, 6) is -0.434. The third-order valence-electron chi connectivity index (χ3n) is 1.36. The first-order valence-corrected chi connectivity index (χ1v) is 3.67. The van der Waals surface area contributed by atoms with E-state index < -0.39 is 5.91 Å². The number of nitrogens with one attached hydrogen (secondary N) is 1. The Morgan fingerprint density at radius 2 is 2.46 bits per heavy atom. The van der Waals surface area contributed by atoms with Crippen LogP contribution in [0.25, 0.3) is 6.08 Å². The van der Waals surface area contributed by atoms with Gasteiger partial charge in [0.05, 0.1) is 11.9 Å². The molecule has 1 aromatic heterocycles. The van der Waals surface area contributed by atoms with Crippen LogP contribution in [-0.2, 0) is 4.79 Å². The molecule has 0 atom stereocenters. The number of H-pyrrole nitrogens is 1. The second kappa shape index (κ2) is 4.20. The van der Waals surface area contributed by atoms with Crippen molar-refractivity contribution in [2.24, 2.45) is 5.73 Å². The predicted octanol–water partition coefficient (Wildman–Crippen LogP) is -0.342. The summed E-state index contributed by atoms with van der Waals surface area (Å²) in [4.78, 5) is 27.5. The molecule has 0 aliphatic heterocycles. The standard InChI is InChI=1S/C8H9N3O2/c9-7(12)3-1-2-6-4-10-5-11-8(6)13/h1-2,4-5H,3H2,(H2,9,12)(H,10,11,13). The molecule has 0 spiro atoms. The number of aromatic amines is 1. The van der Waals surface area contributed by atoms with Crippen molar-refractivity contribution in [1.82, 2.24) is 9.97 Å². The van der Waals surface area contributed by atoms with Crippen molar-refractivity contribution in [3.05, 3.63) is 34.5 Å². The highest BCUT2D eigenvalue weighted by Crippen LogP contribution is 1.92. The van der Waals surface area contributed by atoms with E-state index in [1.807, 2.05) is 0 Å². The largest absolute Gasteiger partial charge is 0.369 e. The number of hydrogen-bond acceptors (Lipinski definition) is 3. The number of nitrogens with zero attached hydrogens (tertiary/aromatic N) is 1. The molecule has 5 heteroatoms. The Kier molecular flexibility index (Phi) is 2.97. The van der Waals surface area contributed by atoms with Crippen molar-refractivity contribution in [1.29, 1.82) is 0 Å². The Bertz CT molecular complexity index is 381. The molecule has 1 amide bonds. The third kappa shape index (κ3) is 2.90. The monoisotopic (exact) mass is 179 g/mol. The minimum Gasteiger partial charge on any atom is -0.369 e. The lowest BCUT2D eigenvalue weighted by Gasteiger charge is -1.88.